The van der Waals surface area contributed by atoms with Gasteiger partial charge in [-0.05, 0) is 41.8 Å². The minimum Gasteiger partial charge on any atom is -0.411 e. The second-order valence-electron chi connectivity index (χ2n) is 6.58. The molecule has 0 aliphatic heterocycles. The largest absolute Gasteiger partial charge is 0.411 e. The molecule has 1 N–H and O–H groups in total. The van der Waals surface area contributed by atoms with Crippen molar-refractivity contribution in [1.82, 2.24) is 4.57 Å². The lowest BCUT2D eigenvalue weighted by Crippen LogP contribution is -2.18. The summed E-state index contributed by atoms with van der Waals surface area (Å²) in [5.74, 6) is 0.00857. The van der Waals surface area contributed by atoms with Crippen LogP contribution in [0.1, 0.15) is 34.6 Å². The van der Waals surface area contributed by atoms with E-state index in [0.717, 1.165) is 10.0 Å². The normalized spacial score (nSPS) is 12.8. The van der Waals surface area contributed by atoms with Gasteiger partial charge < -0.3 is 9.77 Å². The lowest BCUT2D eigenvalue weighted by atomic mass is 9.83. The van der Waals surface area contributed by atoms with Crippen molar-refractivity contribution in [3.8, 4) is 0 Å². The highest BCUT2D eigenvalue weighted by Crippen LogP contribution is 2.32. The molecule has 5 heteroatoms. The topological polar surface area (TPSA) is 54.6 Å². The van der Waals surface area contributed by atoms with Crippen molar-refractivity contribution in [3.05, 3.63) is 104 Å². The van der Waals surface area contributed by atoms with E-state index in [2.05, 4.69) is 52.3 Å². The zero-order chi connectivity index (χ0) is 19.4. The molecule has 0 saturated carbocycles. The molecular formula is C22H21BrN2O2. The minimum absolute atomic E-state index is 0.00857. The molecule has 0 aliphatic rings. The Morgan fingerprint density at radius 1 is 1.15 bits per heavy atom. The number of benzene rings is 2. The number of halogens is 1. The number of rotatable bonds is 5. The van der Waals surface area contributed by atoms with Crippen LogP contribution in [-0.4, -0.2) is 15.5 Å². The maximum atomic E-state index is 12.0. The Kier molecular flexibility index (Phi) is 5.91. The number of oxime groups is 1. The fourth-order valence-electron chi connectivity index (χ4n) is 3.22. The van der Waals surface area contributed by atoms with Crippen molar-refractivity contribution in [1.29, 1.82) is 0 Å². The van der Waals surface area contributed by atoms with Crippen LogP contribution < -0.4 is 5.56 Å². The van der Waals surface area contributed by atoms with Crippen LogP contribution in [0.15, 0.2) is 81.3 Å². The fraction of sp³-hybridized carbons (Fsp3) is 0.182. The Hall–Kier alpha value is -2.66. The van der Waals surface area contributed by atoms with Gasteiger partial charge in [0.05, 0.1) is 5.71 Å². The van der Waals surface area contributed by atoms with Gasteiger partial charge in [0, 0.05) is 41.7 Å². The molecule has 4 nitrogen and oxygen atoms in total. The summed E-state index contributed by atoms with van der Waals surface area (Å²) in [4.78, 5) is 12.0. The molecule has 138 valence electrons. The highest BCUT2D eigenvalue weighted by Gasteiger charge is 2.20. The van der Waals surface area contributed by atoms with Gasteiger partial charge in [0.15, 0.2) is 0 Å². The molecule has 1 atom stereocenters. The summed E-state index contributed by atoms with van der Waals surface area (Å²) in [5, 5.41) is 13.2. The van der Waals surface area contributed by atoms with Gasteiger partial charge in [0.1, 0.15) is 0 Å². The maximum Gasteiger partial charge on any atom is 0.250 e. The quantitative estimate of drug-likeness (QED) is 0.361. The number of hydrogen-bond acceptors (Lipinski definition) is 3. The summed E-state index contributed by atoms with van der Waals surface area (Å²) in [5.41, 5.74) is 4.46. The van der Waals surface area contributed by atoms with Crippen LogP contribution in [-0.2, 0) is 7.05 Å². The molecule has 0 spiro atoms. The number of pyridine rings is 1. The van der Waals surface area contributed by atoms with Crippen molar-refractivity contribution < 1.29 is 5.21 Å². The van der Waals surface area contributed by atoms with Crippen molar-refractivity contribution >= 4 is 21.6 Å². The number of aromatic nitrogens is 1. The number of nitrogens with zero attached hydrogens (tertiary/aromatic N) is 2. The van der Waals surface area contributed by atoms with Crippen LogP contribution >= 0.6 is 15.9 Å². The van der Waals surface area contributed by atoms with E-state index in [1.807, 2.05) is 24.3 Å². The Bertz CT molecular complexity index is 1020. The van der Waals surface area contributed by atoms with E-state index < -0.39 is 0 Å². The van der Waals surface area contributed by atoms with Gasteiger partial charge in [-0.25, -0.2) is 0 Å². The fourth-order valence-corrected chi connectivity index (χ4v) is 3.48. The molecule has 0 bridgehead atoms. The average molecular weight is 425 g/mol. The third kappa shape index (κ3) is 4.37. The molecule has 27 heavy (non-hydrogen) atoms. The predicted octanol–water partition coefficient (Wildman–Crippen LogP) is 4.86. The molecule has 3 rings (SSSR count). The monoisotopic (exact) mass is 424 g/mol. The van der Waals surface area contributed by atoms with Gasteiger partial charge in [0.2, 0.25) is 0 Å². The first kappa shape index (κ1) is 19.1. The van der Waals surface area contributed by atoms with Crippen LogP contribution in [0, 0.1) is 6.92 Å². The van der Waals surface area contributed by atoms with Gasteiger partial charge in [-0.1, -0.05) is 57.5 Å². The highest BCUT2D eigenvalue weighted by molar-refractivity contribution is 9.10. The molecule has 2 aromatic carbocycles. The van der Waals surface area contributed by atoms with E-state index in [1.54, 1.807) is 19.3 Å². The minimum atomic E-state index is -0.135. The van der Waals surface area contributed by atoms with Crippen molar-refractivity contribution in [3.63, 3.8) is 0 Å². The van der Waals surface area contributed by atoms with E-state index in [4.69, 9.17) is 0 Å². The van der Waals surface area contributed by atoms with Crippen molar-refractivity contribution in [2.75, 3.05) is 0 Å². The maximum absolute atomic E-state index is 12.0. The molecule has 0 amide bonds. The third-order valence-electron chi connectivity index (χ3n) is 4.79. The molecule has 1 heterocycles. The second kappa shape index (κ2) is 8.35. The van der Waals surface area contributed by atoms with E-state index >= 15 is 0 Å². The van der Waals surface area contributed by atoms with Crippen LogP contribution in [0.2, 0.25) is 0 Å². The summed E-state index contributed by atoms with van der Waals surface area (Å²) in [7, 11) is 1.69. The first-order valence-electron chi connectivity index (χ1n) is 8.68. The summed E-state index contributed by atoms with van der Waals surface area (Å²) in [6, 6.07) is 19.7. The van der Waals surface area contributed by atoms with E-state index in [0.29, 0.717) is 17.7 Å². The van der Waals surface area contributed by atoms with Crippen LogP contribution in [0.3, 0.4) is 0 Å². The first-order chi connectivity index (χ1) is 13.0. The lowest BCUT2D eigenvalue weighted by Gasteiger charge is -2.21. The van der Waals surface area contributed by atoms with Gasteiger partial charge in [-0.3, -0.25) is 4.79 Å². The average Bonchev–Trinajstić information content (AvgIpc) is 2.67. The summed E-state index contributed by atoms with van der Waals surface area (Å²) in [6.45, 7) is 2.08. The Labute approximate surface area is 166 Å². The zero-order valence-corrected chi connectivity index (χ0v) is 16.8. The van der Waals surface area contributed by atoms with Crippen LogP contribution in [0.4, 0.5) is 0 Å². The predicted molar refractivity (Wildman–Crippen MR) is 112 cm³/mol. The molecule has 0 aliphatic carbocycles. The van der Waals surface area contributed by atoms with E-state index in [-0.39, 0.29) is 11.5 Å². The molecule has 1 unspecified atom stereocenters. The molecular weight excluding hydrogens is 404 g/mol. The highest BCUT2D eigenvalue weighted by atomic mass is 79.9. The Morgan fingerprint density at radius 2 is 1.85 bits per heavy atom. The second-order valence-corrected chi connectivity index (χ2v) is 7.49. The summed E-state index contributed by atoms with van der Waals surface area (Å²) in [6.07, 6.45) is 2.17. The van der Waals surface area contributed by atoms with Crippen LogP contribution in [0.5, 0.6) is 0 Å². The lowest BCUT2D eigenvalue weighted by molar-refractivity contribution is 0.317. The standard InChI is InChI=1S/C22H21BrN2O2/c1-15-5-3-4-6-19(15)20(16-7-9-18(23)10-8-16)14-21(24-27)17-11-12-25(2)22(26)13-17/h3-13,20,27H,14H2,1-2H3. The third-order valence-corrected chi connectivity index (χ3v) is 5.32. The molecule has 3 aromatic rings. The van der Waals surface area contributed by atoms with Gasteiger partial charge in [0.25, 0.3) is 5.56 Å². The molecule has 1 aromatic heterocycles. The Morgan fingerprint density at radius 3 is 2.48 bits per heavy atom. The number of aryl methyl sites for hydroxylation is 2. The first-order valence-corrected chi connectivity index (χ1v) is 9.48. The van der Waals surface area contributed by atoms with Gasteiger partial charge >= 0.3 is 0 Å². The number of hydrogen-bond donors (Lipinski definition) is 1. The van der Waals surface area contributed by atoms with Gasteiger partial charge in [-0.15, -0.1) is 0 Å². The van der Waals surface area contributed by atoms with Gasteiger partial charge in [-0.2, -0.15) is 0 Å². The van der Waals surface area contributed by atoms with E-state index in [1.165, 1.54) is 21.8 Å². The van der Waals surface area contributed by atoms with E-state index in [9.17, 15) is 10.0 Å². The van der Waals surface area contributed by atoms with Crippen molar-refractivity contribution in [2.24, 2.45) is 12.2 Å². The van der Waals surface area contributed by atoms with Crippen molar-refractivity contribution in [2.45, 2.75) is 19.3 Å². The zero-order valence-electron chi connectivity index (χ0n) is 15.3. The smallest absolute Gasteiger partial charge is 0.250 e. The van der Waals surface area contributed by atoms with Crippen LogP contribution in [0.25, 0.3) is 0 Å². The molecule has 0 radical (unpaired) electrons. The molecule has 0 saturated heterocycles. The Balaban J connectivity index is 2.04. The summed E-state index contributed by atoms with van der Waals surface area (Å²) < 4.78 is 2.50. The SMILES string of the molecule is Cc1ccccc1C(CC(=NO)c1ccn(C)c(=O)c1)c1ccc(Br)cc1. The summed E-state index contributed by atoms with van der Waals surface area (Å²) >= 11 is 3.48. The molecule has 0 fully saturated rings.